The Morgan fingerprint density at radius 1 is 1.25 bits per heavy atom. The van der Waals surface area contributed by atoms with E-state index < -0.39 is 10.0 Å². The fraction of sp³-hybridized carbons (Fsp3) is 0.923. The minimum absolute atomic E-state index is 0.0129. The zero-order valence-corrected chi connectivity index (χ0v) is 13.9. The summed E-state index contributed by atoms with van der Waals surface area (Å²) in [6.45, 7) is 8.63. The lowest BCUT2D eigenvalue weighted by atomic mass is 10.1. The monoisotopic (exact) mass is 307 g/mol. The van der Waals surface area contributed by atoms with Gasteiger partial charge in [0.05, 0.1) is 12.8 Å². The van der Waals surface area contributed by atoms with E-state index in [2.05, 4.69) is 24.5 Å². The number of hydrogen-bond donors (Lipinski definition) is 2. The predicted octanol–water partition coefficient (Wildman–Crippen LogP) is 0.410. The van der Waals surface area contributed by atoms with E-state index in [9.17, 15) is 13.2 Å². The molecule has 0 aliphatic carbocycles. The molecule has 0 aromatic rings. The second-order valence-electron chi connectivity index (χ2n) is 5.32. The van der Waals surface area contributed by atoms with Crippen molar-refractivity contribution >= 4 is 15.9 Å². The highest BCUT2D eigenvalue weighted by atomic mass is 32.2. The van der Waals surface area contributed by atoms with Crippen LogP contribution in [0, 0.1) is 5.92 Å². The molecule has 0 aliphatic heterocycles. The lowest BCUT2D eigenvalue weighted by Crippen LogP contribution is -2.36. The number of nitrogens with zero attached hydrogens (tertiary/aromatic N) is 1. The summed E-state index contributed by atoms with van der Waals surface area (Å²) in [5.74, 6) is 0.570. The van der Waals surface area contributed by atoms with Crippen molar-refractivity contribution in [3.63, 3.8) is 0 Å². The van der Waals surface area contributed by atoms with E-state index in [0.717, 1.165) is 6.42 Å². The minimum atomic E-state index is -3.11. The van der Waals surface area contributed by atoms with Crippen molar-refractivity contribution in [1.82, 2.24) is 14.9 Å². The SMILES string of the molecule is CCN(CCCNCC(=O)NCCC(C)C)S(C)(=O)=O. The second-order valence-corrected chi connectivity index (χ2v) is 7.30. The topological polar surface area (TPSA) is 78.5 Å². The summed E-state index contributed by atoms with van der Waals surface area (Å²) in [5.41, 5.74) is 0. The van der Waals surface area contributed by atoms with Gasteiger partial charge in [-0.1, -0.05) is 20.8 Å². The minimum Gasteiger partial charge on any atom is -0.355 e. The first kappa shape index (κ1) is 19.3. The van der Waals surface area contributed by atoms with E-state index in [1.165, 1.54) is 10.6 Å². The summed E-state index contributed by atoms with van der Waals surface area (Å²) in [6, 6.07) is 0. The Morgan fingerprint density at radius 3 is 2.40 bits per heavy atom. The number of amides is 1. The van der Waals surface area contributed by atoms with Crippen molar-refractivity contribution in [2.75, 3.05) is 39.0 Å². The first-order valence-electron chi connectivity index (χ1n) is 7.20. The van der Waals surface area contributed by atoms with Gasteiger partial charge in [0, 0.05) is 19.6 Å². The lowest BCUT2D eigenvalue weighted by molar-refractivity contribution is -0.120. The molecule has 0 saturated carbocycles. The normalized spacial score (nSPS) is 12.1. The summed E-state index contributed by atoms with van der Waals surface area (Å²) < 4.78 is 24.1. The standard InChI is InChI=1S/C13H29N3O3S/c1-5-16(20(4,18)19)10-6-8-14-11-13(17)15-9-7-12(2)3/h12,14H,5-11H2,1-4H3,(H,15,17). The van der Waals surface area contributed by atoms with Gasteiger partial charge in [-0.15, -0.1) is 0 Å². The van der Waals surface area contributed by atoms with Crippen molar-refractivity contribution in [1.29, 1.82) is 0 Å². The molecule has 6 nitrogen and oxygen atoms in total. The number of nitrogens with one attached hydrogen (secondary N) is 2. The molecule has 0 atom stereocenters. The zero-order chi connectivity index (χ0) is 15.6. The van der Waals surface area contributed by atoms with Crippen LogP contribution in [-0.4, -0.2) is 57.6 Å². The second kappa shape index (κ2) is 10.1. The van der Waals surface area contributed by atoms with Gasteiger partial charge in [0.25, 0.3) is 0 Å². The van der Waals surface area contributed by atoms with Crippen LogP contribution in [0.3, 0.4) is 0 Å². The predicted molar refractivity (Wildman–Crippen MR) is 82.0 cm³/mol. The summed E-state index contributed by atoms with van der Waals surface area (Å²) in [5, 5.41) is 5.86. The van der Waals surface area contributed by atoms with Crippen LogP contribution >= 0.6 is 0 Å². The third kappa shape index (κ3) is 10.2. The fourth-order valence-electron chi connectivity index (χ4n) is 1.70. The van der Waals surface area contributed by atoms with Crippen LogP contribution in [0.4, 0.5) is 0 Å². The van der Waals surface area contributed by atoms with Crippen LogP contribution < -0.4 is 10.6 Å². The molecule has 0 spiro atoms. The Kier molecular flexibility index (Phi) is 9.79. The third-order valence-corrected chi connectivity index (χ3v) is 4.29. The van der Waals surface area contributed by atoms with Gasteiger partial charge in [0.15, 0.2) is 0 Å². The van der Waals surface area contributed by atoms with Gasteiger partial charge in [-0.25, -0.2) is 12.7 Å². The van der Waals surface area contributed by atoms with Crippen LogP contribution in [0.5, 0.6) is 0 Å². The molecule has 0 saturated heterocycles. The van der Waals surface area contributed by atoms with E-state index in [1.54, 1.807) is 0 Å². The maximum atomic E-state index is 11.5. The van der Waals surface area contributed by atoms with Crippen LogP contribution in [0.1, 0.15) is 33.6 Å². The molecule has 1 amide bonds. The molecule has 120 valence electrons. The largest absolute Gasteiger partial charge is 0.355 e. The molecule has 0 bridgehead atoms. The van der Waals surface area contributed by atoms with Crippen molar-refractivity contribution in [3.05, 3.63) is 0 Å². The summed E-state index contributed by atoms with van der Waals surface area (Å²) >= 11 is 0. The van der Waals surface area contributed by atoms with Crippen LogP contribution in [0.25, 0.3) is 0 Å². The van der Waals surface area contributed by atoms with Crippen molar-refractivity contribution in [2.24, 2.45) is 5.92 Å². The average Bonchev–Trinajstić information content (AvgIpc) is 2.31. The quantitative estimate of drug-likeness (QED) is 0.542. The molecular weight excluding hydrogens is 278 g/mol. The van der Waals surface area contributed by atoms with Gasteiger partial charge in [0.2, 0.25) is 15.9 Å². The molecule has 0 radical (unpaired) electrons. The van der Waals surface area contributed by atoms with E-state index >= 15 is 0 Å². The number of rotatable bonds is 11. The summed E-state index contributed by atoms with van der Waals surface area (Å²) in [6.07, 6.45) is 2.89. The maximum absolute atomic E-state index is 11.5. The average molecular weight is 307 g/mol. The molecule has 20 heavy (non-hydrogen) atoms. The molecule has 0 unspecified atom stereocenters. The Labute approximate surface area is 123 Å². The van der Waals surface area contributed by atoms with Crippen molar-refractivity contribution in [3.8, 4) is 0 Å². The maximum Gasteiger partial charge on any atom is 0.233 e. The van der Waals surface area contributed by atoms with Gasteiger partial charge in [0.1, 0.15) is 0 Å². The molecule has 0 fully saturated rings. The highest BCUT2D eigenvalue weighted by molar-refractivity contribution is 7.88. The summed E-state index contributed by atoms with van der Waals surface area (Å²) in [7, 11) is -3.11. The molecule has 0 rings (SSSR count). The molecule has 0 heterocycles. The number of sulfonamides is 1. The highest BCUT2D eigenvalue weighted by Gasteiger charge is 2.13. The number of hydrogen-bond acceptors (Lipinski definition) is 4. The first-order chi connectivity index (χ1) is 9.27. The Bertz CT molecular complexity index is 369. The lowest BCUT2D eigenvalue weighted by Gasteiger charge is -2.17. The molecular formula is C13H29N3O3S. The third-order valence-electron chi connectivity index (χ3n) is 2.91. The Hall–Kier alpha value is -0.660. The van der Waals surface area contributed by atoms with E-state index in [0.29, 0.717) is 38.5 Å². The fourth-order valence-corrected chi connectivity index (χ4v) is 2.63. The van der Waals surface area contributed by atoms with Gasteiger partial charge in [-0.05, 0) is 25.3 Å². The smallest absolute Gasteiger partial charge is 0.233 e. The van der Waals surface area contributed by atoms with Crippen LogP contribution in [-0.2, 0) is 14.8 Å². The van der Waals surface area contributed by atoms with Crippen molar-refractivity contribution < 1.29 is 13.2 Å². The van der Waals surface area contributed by atoms with E-state index in [4.69, 9.17) is 0 Å². The van der Waals surface area contributed by atoms with Gasteiger partial charge in [-0.3, -0.25) is 4.79 Å². The molecule has 0 aliphatic rings. The first-order valence-corrected chi connectivity index (χ1v) is 9.04. The van der Waals surface area contributed by atoms with Crippen molar-refractivity contribution in [2.45, 2.75) is 33.6 Å². The van der Waals surface area contributed by atoms with Crippen LogP contribution in [0.2, 0.25) is 0 Å². The Balaban J connectivity index is 3.64. The summed E-state index contributed by atoms with van der Waals surface area (Å²) in [4.78, 5) is 11.5. The highest BCUT2D eigenvalue weighted by Crippen LogP contribution is 1.98. The van der Waals surface area contributed by atoms with Gasteiger partial charge >= 0.3 is 0 Å². The zero-order valence-electron chi connectivity index (χ0n) is 13.1. The number of carbonyl (C=O) groups excluding carboxylic acids is 1. The molecule has 7 heteroatoms. The van der Waals surface area contributed by atoms with Gasteiger partial charge < -0.3 is 10.6 Å². The van der Waals surface area contributed by atoms with Gasteiger partial charge in [-0.2, -0.15) is 0 Å². The molecule has 2 N–H and O–H groups in total. The van der Waals surface area contributed by atoms with Crippen LogP contribution in [0.15, 0.2) is 0 Å². The van der Waals surface area contributed by atoms with E-state index in [1.807, 2.05) is 6.92 Å². The molecule has 0 aromatic carbocycles. The van der Waals surface area contributed by atoms with E-state index in [-0.39, 0.29) is 12.5 Å². The Morgan fingerprint density at radius 2 is 1.90 bits per heavy atom. The molecule has 0 aromatic heterocycles. The number of carbonyl (C=O) groups is 1.